The summed E-state index contributed by atoms with van der Waals surface area (Å²) < 4.78 is 7.45. The Morgan fingerprint density at radius 3 is 2.69 bits per heavy atom. The van der Waals surface area contributed by atoms with Crippen LogP contribution < -0.4 is 10.1 Å². The number of amides is 1. The van der Waals surface area contributed by atoms with E-state index in [1.807, 2.05) is 34.9 Å². The van der Waals surface area contributed by atoms with Gasteiger partial charge in [-0.3, -0.25) is 9.36 Å². The van der Waals surface area contributed by atoms with E-state index in [4.69, 9.17) is 4.74 Å². The van der Waals surface area contributed by atoms with Gasteiger partial charge in [0.2, 0.25) is 5.91 Å². The molecule has 0 bridgehead atoms. The van der Waals surface area contributed by atoms with E-state index in [1.54, 1.807) is 18.9 Å². The minimum Gasteiger partial charge on any atom is -0.497 e. The van der Waals surface area contributed by atoms with Crippen LogP contribution in [0.1, 0.15) is 43.5 Å². The quantitative estimate of drug-likeness (QED) is 0.474. The molecule has 168 valence electrons. The first-order valence-electron chi connectivity index (χ1n) is 11.3. The first-order chi connectivity index (χ1) is 15.7. The van der Waals surface area contributed by atoms with Crippen LogP contribution >= 0.6 is 11.8 Å². The first-order valence-corrected chi connectivity index (χ1v) is 12.3. The third-order valence-electron chi connectivity index (χ3n) is 5.87. The summed E-state index contributed by atoms with van der Waals surface area (Å²) >= 11 is 1.67. The largest absolute Gasteiger partial charge is 0.497 e. The van der Waals surface area contributed by atoms with E-state index >= 15 is 0 Å². The number of aromatic nitrogens is 3. The van der Waals surface area contributed by atoms with Gasteiger partial charge in [-0.05, 0) is 37.0 Å². The predicted molar refractivity (Wildman–Crippen MR) is 127 cm³/mol. The standard InChI is InChI=1S/C25H30N4O2S/c1-31-22-14-8-13-21(17-22)29-23(18-26-24(30)20-11-6-3-7-12-20)27-28-25(29)32-16-15-19-9-4-2-5-10-19/h2,4-5,8-10,13-14,17,20H,3,6-7,11-12,15-16,18H2,1H3,(H,26,30). The molecule has 7 heteroatoms. The van der Waals surface area contributed by atoms with E-state index in [-0.39, 0.29) is 11.8 Å². The molecule has 0 unspecified atom stereocenters. The zero-order valence-corrected chi connectivity index (χ0v) is 19.3. The number of carbonyl (C=O) groups is 1. The van der Waals surface area contributed by atoms with Gasteiger partial charge in [-0.2, -0.15) is 0 Å². The Morgan fingerprint density at radius 1 is 1.09 bits per heavy atom. The van der Waals surface area contributed by atoms with E-state index in [0.29, 0.717) is 6.54 Å². The van der Waals surface area contributed by atoms with Gasteiger partial charge in [-0.15, -0.1) is 10.2 Å². The van der Waals surface area contributed by atoms with Crippen LogP contribution in [0.3, 0.4) is 0 Å². The summed E-state index contributed by atoms with van der Waals surface area (Å²) in [5.41, 5.74) is 2.23. The van der Waals surface area contributed by atoms with Crippen molar-refractivity contribution >= 4 is 17.7 Å². The van der Waals surface area contributed by atoms with E-state index in [1.165, 1.54) is 12.0 Å². The van der Waals surface area contributed by atoms with Gasteiger partial charge in [0.1, 0.15) is 5.75 Å². The maximum Gasteiger partial charge on any atom is 0.223 e. The number of hydrogen-bond donors (Lipinski definition) is 1. The maximum absolute atomic E-state index is 12.7. The molecule has 1 aliphatic rings. The second kappa shape index (κ2) is 11.2. The lowest BCUT2D eigenvalue weighted by atomic mass is 9.89. The molecular weight excluding hydrogens is 420 g/mol. The molecule has 1 heterocycles. The Balaban J connectivity index is 1.50. The Labute approximate surface area is 193 Å². The van der Waals surface area contributed by atoms with Crippen LogP contribution in [0.25, 0.3) is 5.69 Å². The summed E-state index contributed by atoms with van der Waals surface area (Å²) in [5.74, 6) is 2.64. The van der Waals surface area contributed by atoms with Crippen molar-refractivity contribution in [1.82, 2.24) is 20.1 Å². The molecule has 0 aliphatic heterocycles. The molecule has 1 saturated carbocycles. The fourth-order valence-electron chi connectivity index (χ4n) is 4.10. The summed E-state index contributed by atoms with van der Waals surface area (Å²) in [6, 6.07) is 18.3. The number of nitrogens with one attached hydrogen (secondary N) is 1. The molecule has 0 atom stereocenters. The first kappa shape index (κ1) is 22.4. The average Bonchev–Trinajstić information content (AvgIpc) is 3.26. The second-order valence-electron chi connectivity index (χ2n) is 8.07. The van der Waals surface area contributed by atoms with Crippen molar-refractivity contribution in [2.75, 3.05) is 12.9 Å². The summed E-state index contributed by atoms with van der Waals surface area (Å²) in [4.78, 5) is 12.7. The Hall–Kier alpha value is -2.80. The molecule has 4 rings (SSSR count). The van der Waals surface area contributed by atoms with Crippen LogP contribution in [-0.4, -0.2) is 33.5 Å². The molecule has 1 aromatic heterocycles. The number of methoxy groups -OCH3 is 1. The van der Waals surface area contributed by atoms with Crippen LogP contribution in [0, 0.1) is 5.92 Å². The zero-order chi connectivity index (χ0) is 22.2. The summed E-state index contributed by atoms with van der Waals surface area (Å²) in [6.45, 7) is 0.360. The van der Waals surface area contributed by atoms with Crippen molar-refractivity contribution in [2.24, 2.45) is 5.92 Å². The number of carbonyl (C=O) groups excluding carboxylic acids is 1. The number of rotatable bonds is 9. The Morgan fingerprint density at radius 2 is 1.91 bits per heavy atom. The molecule has 0 radical (unpaired) electrons. The monoisotopic (exact) mass is 450 g/mol. The lowest BCUT2D eigenvalue weighted by Gasteiger charge is -2.20. The van der Waals surface area contributed by atoms with E-state index in [2.05, 4.69) is 39.8 Å². The fraction of sp³-hybridized carbons (Fsp3) is 0.400. The number of nitrogens with zero attached hydrogens (tertiary/aromatic N) is 3. The molecule has 0 saturated heterocycles. The minimum atomic E-state index is 0.122. The molecule has 1 amide bonds. The third-order valence-corrected chi connectivity index (χ3v) is 6.80. The molecular formula is C25H30N4O2S. The van der Waals surface area contributed by atoms with Crippen molar-refractivity contribution in [3.63, 3.8) is 0 Å². The number of thioether (sulfide) groups is 1. The molecule has 6 nitrogen and oxygen atoms in total. The lowest BCUT2D eigenvalue weighted by molar-refractivity contribution is -0.126. The van der Waals surface area contributed by atoms with Crippen LogP contribution in [0.4, 0.5) is 0 Å². The van der Waals surface area contributed by atoms with E-state index in [9.17, 15) is 4.79 Å². The second-order valence-corrected chi connectivity index (χ2v) is 9.13. The van der Waals surface area contributed by atoms with Gasteiger partial charge < -0.3 is 10.1 Å². The Kier molecular flexibility index (Phi) is 7.82. The SMILES string of the molecule is COc1cccc(-n2c(CNC(=O)C3CCCCC3)nnc2SCCc2ccccc2)c1. The normalized spacial score (nSPS) is 14.3. The van der Waals surface area contributed by atoms with Gasteiger partial charge in [0.05, 0.1) is 19.3 Å². The van der Waals surface area contributed by atoms with Crippen LogP contribution in [-0.2, 0) is 17.8 Å². The summed E-state index contributed by atoms with van der Waals surface area (Å²) in [7, 11) is 1.66. The van der Waals surface area contributed by atoms with Crippen molar-refractivity contribution in [3.05, 3.63) is 66.0 Å². The van der Waals surface area contributed by atoms with Gasteiger partial charge in [0.15, 0.2) is 11.0 Å². The highest BCUT2D eigenvalue weighted by molar-refractivity contribution is 7.99. The highest BCUT2D eigenvalue weighted by Gasteiger charge is 2.22. The van der Waals surface area contributed by atoms with Crippen molar-refractivity contribution in [1.29, 1.82) is 0 Å². The van der Waals surface area contributed by atoms with Crippen molar-refractivity contribution in [3.8, 4) is 11.4 Å². The predicted octanol–water partition coefficient (Wildman–Crippen LogP) is 4.81. The van der Waals surface area contributed by atoms with Gasteiger partial charge in [-0.25, -0.2) is 0 Å². The lowest BCUT2D eigenvalue weighted by Crippen LogP contribution is -2.32. The third kappa shape index (κ3) is 5.71. The number of ether oxygens (including phenoxy) is 1. The molecule has 1 aliphatic carbocycles. The van der Waals surface area contributed by atoms with Gasteiger partial charge in [0, 0.05) is 17.7 Å². The van der Waals surface area contributed by atoms with Gasteiger partial charge in [0.25, 0.3) is 0 Å². The number of hydrogen-bond acceptors (Lipinski definition) is 5. The van der Waals surface area contributed by atoms with Gasteiger partial charge in [-0.1, -0.05) is 67.4 Å². The topological polar surface area (TPSA) is 69.0 Å². The molecule has 32 heavy (non-hydrogen) atoms. The summed E-state index contributed by atoms with van der Waals surface area (Å²) in [6.07, 6.45) is 6.42. The molecule has 0 spiro atoms. The van der Waals surface area contributed by atoms with E-state index < -0.39 is 0 Å². The minimum absolute atomic E-state index is 0.122. The molecule has 3 aromatic rings. The maximum atomic E-state index is 12.7. The number of aryl methyl sites for hydroxylation is 1. The fourth-order valence-corrected chi connectivity index (χ4v) is 5.06. The van der Waals surface area contributed by atoms with Crippen molar-refractivity contribution in [2.45, 2.75) is 50.2 Å². The zero-order valence-electron chi connectivity index (χ0n) is 18.5. The molecule has 1 N–H and O–H groups in total. The highest BCUT2D eigenvalue weighted by atomic mass is 32.2. The average molecular weight is 451 g/mol. The van der Waals surface area contributed by atoms with Crippen LogP contribution in [0.5, 0.6) is 5.75 Å². The molecule has 2 aromatic carbocycles. The Bertz CT molecular complexity index is 1020. The van der Waals surface area contributed by atoms with Crippen LogP contribution in [0.2, 0.25) is 0 Å². The van der Waals surface area contributed by atoms with Crippen molar-refractivity contribution < 1.29 is 9.53 Å². The smallest absolute Gasteiger partial charge is 0.223 e. The van der Waals surface area contributed by atoms with Crippen LogP contribution in [0.15, 0.2) is 59.8 Å². The summed E-state index contributed by atoms with van der Waals surface area (Å²) in [5, 5.41) is 12.8. The highest BCUT2D eigenvalue weighted by Crippen LogP contribution is 2.26. The molecule has 1 fully saturated rings. The van der Waals surface area contributed by atoms with Gasteiger partial charge >= 0.3 is 0 Å². The van der Waals surface area contributed by atoms with E-state index in [0.717, 1.165) is 60.3 Å². The number of benzene rings is 2.